The zero-order chi connectivity index (χ0) is 18.2. The fourth-order valence-electron chi connectivity index (χ4n) is 2.61. The summed E-state index contributed by atoms with van der Waals surface area (Å²) in [7, 11) is 0. The van der Waals surface area contributed by atoms with Gasteiger partial charge in [0.25, 0.3) is 0 Å². The number of nitrogens with zero attached hydrogens (tertiary/aromatic N) is 2. The van der Waals surface area contributed by atoms with Gasteiger partial charge in [0, 0.05) is 31.0 Å². The maximum atomic E-state index is 6.06. The van der Waals surface area contributed by atoms with Crippen molar-refractivity contribution in [3.63, 3.8) is 0 Å². The lowest BCUT2D eigenvalue weighted by Gasteiger charge is -2.13. The van der Waals surface area contributed by atoms with Crippen molar-refractivity contribution in [3.8, 4) is 5.75 Å². The molecule has 0 unspecified atom stereocenters. The first kappa shape index (κ1) is 18.8. The SMILES string of the molecule is Clc1ccc(COc2ccccc2CNCCCn2ccnc2)cc1Cl. The Morgan fingerprint density at radius 1 is 1.08 bits per heavy atom. The maximum absolute atomic E-state index is 6.06. The van der Waals surface area contributed by atoms with Crippen LogP contribution in [0, 0.1) is 0 Å². The minimum atomic E-state index is 0.453. The molecule has 26 heavy (non-hydrogen) atoms. The van der Waals surface area contributed by atoms with E-state index in [9.17, 15) is 0 Å². The zero-order valence-electron chi connectivity index (χ0n) is 14.4. The van der Waals surface area contributed by atoms with Gasteiger partial charge >= 0.3 is 0 Å². The average molecular weight is 390 g/mol. The average Bonchev–Trinajstić information content (AvgIpc) is 3.17. The highest BCUT2D eigenvalue weighted by molar-refractivity contribution is 6.42. The summed E-state index contributed by atoms with van der Waals surface area (Å²) in [4.78, 5) is 4.05. The Bertz CT molecular complexity index is 822. The minimum Gasteiger partial charge on any atom is -0.489 e. The second-order valence-electron chi connectivity index (χ2n) is 5.98. The van der Waals surface area contributed by atoms with Gasteiger partial charge in [-0.1, -0.05) is 47.5 Å². The van der Waals surface area contributed by atoms with E-state index in [1.807, 2.05) is 42.9 Å². The fraction of sp³-hybridized carbons (Fsp3) is 0.250. The number of benzene rings is 2. The number of imidazole rings is 1. The Kier molecular flexibility index (Phi) is 6.95. The summed E-state index contributed by atoms with van der Waals surface area (Å²) >= 11 is 12.0. The number of rotatable bonds is 9. The third kappa shape index (κ3) is 5.49. The van der Waals surface area contributed by atoms with Crippen molar-refractivity contribution in [2.75, 3.05) is 6.54 Å². The summed E-state index contributed by atoms with van der Waals surface area (Å²) in [6.45, 7) is 3.11. The number of para-hydroxylation sites is 1. The van der Waals surface area contributed by atoms with Crippen LogP contribution in [0.5, 0.6) is 5.75 Å². The molecule has 2 aromatic carbocycles. The number of aryl methyl sites for hydroxylation is 1. The third-order valence-electron chi connectivity index (χ3n) is 4.00. The van der Waals surface area contributed by atoms with Gasteiger partial charge < -0.3 is 14.6 Å². The third-order valence-corrected chi connectivity index (χ3v) is 4.73. The van der Waals surface area contributed by atoms with Crippen LogP contribution in [0.15, 0.2) is 61.2 Å². The molecule has 0 bridgehead atoms. The number of halogens is 2. The monoisotopic (exact) mass is 389 g/mol. The van der Waals surface area contributed by atoms with E-state index in [-0.39, 0.29) is 0 Å². The molecule has 3 rings (SSSR count). The van der Waals surface area contributed by atoms with Gasteiger partial charge in [-0.15, -0.1) is 0 Å². The van der Waals surface area contributed by atoms with E-state index in [0.717, 1.165) is 42.9 Å². The van der Waals surface area contributed by atoms with Crippen molar-refractivity contribution >= 4 is 23.2 Å². The van der Waals surface area contributed by atoms with Crippen LogP contribution in [0.25, 0.3) is 0 Å². The van der Waals surface area contributed by atoms with Crippen LogP contribution in [0.3, 0.4) is 0 Å². The summed E-state index contributed by atoms with van der Waals surface area (Å²) in [5, 5.41) is 4.56. The second-order valence-corrected chi connectivity index (χ2v) is 6.79. The molecule has 0 fully saturated rings. The van der Waals surface area contributed by atoms with E-state index >= 15 is 0 Å². The van der Waals surface area contributed by atoms with Crippen LogP contribution >= 0.6 is 23.2 Å². The van der Waals surface area contributed by atoms with Gasteiger partial charge in [-0.25, -0.2) is 4.98 Å². The van der Waals surface area contributed by atoms with Crippen molar-refractivity contribution in [1.29, 1.82) is 0 Å². The van der Waals surface area contributed by atoms with Gasteiger partial charge in [-0.3, -0.25) is 0 Å². The second kappa shape index (κ2) is 9.62. The van der Waals surface area contributed by atoms with Crippen molar-refractivity contribution < 1.29 is 4.74 Å². The van der Waals surface area contributed by atoms with Crippen molar-refractivity contribution in [3.05, 3.63) is 82.4 Å². The molecule has 6 heteroatoms. The largest absolute Gasteiger partial charge is 0.489 e. The van der Waals surface area contributed by atoms with Gasteiger partial charge in [-0.05, 0) is 36.7 Å². The fourth-order valence-corrected chi connectivity index (χ4v) is 2.93. The Labute approximate surface area is 163 Å². The lowest BCUT2D eigenvalue weighted by atomic mass is 10.2. The minimum absolute atomic E-state index is 0.453. The lowest BCUT2D eigenvalue weighted by molar-refractivity contribution is 0.302. The zero-order valence-corrected chi connectivity index (χ0v) is 15.9. The van der Waals surface area contributed by atoms with Crippen LogP contribution in [-0.2, 0) is 19.7 Å². The number of ether oxygens (including phenoxy) is 1. The van der Waals surface area contributed by atoms with Crippen LogP contribution in [0.1, 0.15) is 17.5 Å². The predicted octanol–water partition coefficient (Wildman–Crippen LogP) is 4.95. The molecule has 0 atom stereocenters. The van der Waals surface area contributed by atoms with E-state index < -0.39 is 0 Å². The molecule has 0 aliphatic carbocycles. The molecule has 0 aliphatic rings. The molecule has 1 heterocycles. The first-order chi connectivity index (χ1) is 12.7. The Morgan fingerprint density at radius 2 is 1.96 bits per heavy atom. The molecular weight excluding hydrogens is 369 g/mol. The normalized spacial score (nSPS) is 10.8. The first-order valence-electron chi connectivity index (χ1n) is 8.53. The molecule has 1 N–H and O–H groups in total. The Hall–Kier alpha value is -2.01. The molecule has 0 aliphatic heterocycles. The maximum Gasteiger partial charge on any atom is 0.124 e. The summed E-state index contributed by atoms with van der Waals surface area (Å²) in [5.41, 5.74) is 2.12. The molecule has 0 saturated carbocycles. The van der Waals surface area contributed by atoms with Gasteiger partial charge in [0.05, 0.1) is 16.4 Å². The topological polar surface area (TPSA) is 39.1 Å². The standard InChI is InChI=1S/C20H21Cl2N3O/c21-18-7-6-16(12-19(18)22)14-26-20-5-2-1-4-17(20)13-23-8-3-10-25-11-9-24-15-25/h1-2,4-7,9,11-12,15,23H,3,8,10,13-14H2. The van der Waals surface area contributed by atoms with E-state index in [1.165, 1.54) is 0 Å². The van der Waals surface area contributed by atoms with E-state index in [4.69, 9.17) is 27.9 Å². The summed E-state index contributed by atoms with van der Waals surface area (Å²) in [5.74, 6) is 0.876. The Balaban J connectivity index is 1.48. The molecule has 3 aromatic rings. The molecule has 0 radical (unpaired) electrons. The predicted molar refractivity (Wildman–Crippen MR) is 106 cm³/mol. The van der Waals surface area contributed by atoms with Gasteiger partial charge in [0.2, 0.25) is 0 Å². The molecule has 136 valence electrons. The van der Waals surface area contributed by atoms with Crippen LogP contribution in [0.2, 0.25) is 10.0 Å². The van der Waals surface area contributed by atoms with Crippen molar-refractivity contribution in [2.24, 2.45) is 0 Å². The lowest BCUT2D eigenvalue weighted by Crippen LogP contribution is -2.17. The van der Waals surface area contributed by atoms with Crippen LogP contribution < -0.4 is 10.1 Å². The summed E-state index contributed by atoms with van der Waals surface area (Å²) in [6.07, 6.45) is 6.66. The number of hydrogen-bond acceptors (Lipinski definition) is 3. The molecule has 4 nitrogen and oxygen atoms in total. The van der Waals surface area contributed by atoms with E-state index in [1.54, 1.807) is 12.3 Å². The molecule has 0 saturated heterocycles. The molecule has 0 spiro atoms. The molecular formula is C20H21Cl2N3O. The molecule has 1 aromatic heterocycles. The van der Waals surface area contributed by atoms with Gasteiger partial charge in [0.15, 0.2) is 0 Å². The highest BCUT2D eigenvalue weighted by atomic mass is 35.5. The Morgan fingerprint density at radius 3 is 2.77 bits per heavy atom. The number of hydrogen-bond donors (Lipinski definition) is 1. The van der Waals surface area contributed by atoms with Gasteiger partial charge in [0.1, 0.15) is 12.4 Å². The van der Waals surface area contributed by atoms with Gasteiger partial charge in [-0.2, -0.15) is 0 Å². The molecule has 0 amide bonds. The van der Waals surface area contributed by atoms with E-state index in [2.05, 4.69) is 20.9 Å². The van der Waals surface area contributed by atoms with Crippen molar-refractivity contribution in [2.45, 2.75) is 26.1 Å². The van der Waals surface area contributed by atoms with Crippen LogP contribution in [-0.4, -0.2) is 16.1 Å². The summed E-state index contributed by atoms with van der Waals surface area (Å²) < 4.78 is 8.06. The first-order valence-corrected chi connectivity index (χ1v) is 9.29. The number of nitrogens with one attached hydrogen (secondary N) is 1. The van der Waals surface area contributed by atoms with E-state index in [0.29, 0.717) is 16.7 Å². The quantitative estimate of drug-likeness (QED) is 0.526. The van der Waals surface area contributed by atoms with Crippen LogP contribution in [0.4, 0.5) is 0 Å². The highest BCUT2D eigenvalue weighted by Crippen LogP contribution is 2.24. The smallest absolute Gasteiger partial charge is 0.124 e. The number of aromatic nitrogens is 2. The van der Waals surface area contributed by atoms with Crippen molar-refractivity contribution in [1.82, 2.24) is 14.9 Å². The summed E-state index contributed by atoms with van der Waals surface area (Å²) in [6, 6.07) is 13.6. The highest BCUT2D eigenvalue weighted by Gasteiger charge is 2.05.